The smallest absolute Gasteiger partial charge is 0.240 e. The molecular weight excluding hydrogens is 315 g/mol. The molecule has 1 rings (SSSR count). The molecule has 7 heteroatoms. The first-order valence-electron chi connectivity index (χ1n) is 7.02. The number of sulfonamides is 1. The zero-order chi connectivity index (χ0) is 16.0. The number of hydrogen-bond donors (Lipinski definition) is 2. The van der Waals surface area contributed by atoms with Gasteiger partial charge in [0.1, 0.15) is 5.82 Å². The third kappa shape index (κ3) is 5.21. The maximum absolute atomic E-state index is 13.7. The highest BCUT2D eigenvalue weighted by atomic mass is 35.5. The van der Waals surface area contributed by atoms with Crippen LogP contribution in [0.4, 0.5) is 4.39 Å². The van der Waals surface area contributed by atoms with Crippen LogP contribution in [0.1, 0.15) is 45.1 Å². The summed E-state index contributed by atoms with van der Waals surface area (Å²) < 4.78 is 40.7. The van der Waals surface area contributed by atoms with Crippen LogP contribution in [-0.2, 0) is 16.6 Å². The highest BCUT2D eigenvalue weighted by Crippen LogP contribution is 2.24. The van der Waals surface area contributed by atoms with Crippen molar-refractivity contribution in [1.29, 1.82) is 0 Å². The van der Waals surface area contributed by atoms with Gasteiger partial charge in [0.15, 0.2) is 0 Å². The molecule has 0 aliphatic heterocycles. The molecule has 0 aromatic heterocycles. The van der Waals surface area contributed by atoms with Crippen LogP contribution in [0.5, 0.6) is 0 Å². The second-order valence-corrected chi connectivity index (χ2v) is 7.19. The molecule has 0 radical (unpaired) electrons. The summed E-state index contributed by atoms with van der Waals surface area (Å²) in [4.78, 5) is -0.146. The lowest BCUT2D eigenvalue weighted by atomic mass is 10.1. The highest BCUT2D eigenvalue weighted by Gasteiger charge is 2.20. The monoisotopic (exact) mass is 336 g/mol. The molecule has 1 atom stereocenters. The van der Waals surface area contributed by atoms with Crippen LogP contribution in [0.25, 0.3) is 0 Å². The molecule has 0 aliphatic carbocycles. The second kappa shape index (κ2) is 8.08. The van der Waals surface area contributed by atoms with Crippen molar-refractivity contribution in [3.05, 3.63) is 28.5 Å². The lowest BCUT2D eigenvalue weighted by molar-refractivity contribution is 0.526. The summed E-state index contributed by atoms with van der Waals surface area (Å²) in [6, 6.07) is 2.02. The molecule has 3 N–H and O–H groups in total. The van der Waals surface area contributed by atoms with Crippen molar-refractivity contribution in [3.8, 4) is 0 Å². The largest absolute Gasteiger partial charge is 0.326 e. The molecule has 120 valence electrons. The van der Waals surface area contributed by atoms with Gasteiger partial charge in [-0.25, -0.2) is 17.5 Å². The quantitative estimate of drug-likeness (QED) is 0.716. The van der Waals surface area contributed by atoms with E-state index in [-0.39, 0.29) is 28.1 Å². The number of rotatable bonds is 8. The van der Waals surface area contributed by atoms with Crippen molar-refractivity contribution < 1.29 is 12.8 Å². The third-order valence-corrected chi connectivity index (χ3v) is 5.20. The van der Waals surface area contributed by atoms with Crippen LogP contribution in [0, 0.1) is 5.82 Å². The van der Waals surface area contributed by atoms with Gasteiger partial charge in [-0.15, -0.1) is 0 Å². The van der Waals surface area contributed by atoms with Crippen molar-refractivity contribution in [2.75, 3.05) is 0 Å². The number of benzene rings is 1. The van der Waals surface area contributed by atoms with Gasteiger partial charge in [0.05, 0.1) is 9.92 Å². The number of nitrogens with one attached hydrogen (secondary N) is 1. The molecule has 0 heterocycles. The topological polar surface area (TPSA) is 72.2 Å². The molecule has 4 nitrogen and oxygen atoms in total. The van der Waals surface area contributed by atoms with Crippen LogP contribution in [0.3, 0.4) is 0 Å². The summed E-state index contributed by atoms with van der Waals surface area (Å²) in [5.74, 6) is -0.779. The summed E-state index contributed by atoms with van der Waals surface area (Å²) in [5, 5.41) is -0.132. The second-order valence-electron chi connectivity index (χ2n) is 5.10. The zero-order valence-electron chi connectivity index (χ0n) is 12.3. The zero-order valence-corrected chi connectivity index (χ0v) is 13.9. The Labute approximate surface area is 130 Å². The SMILES string of the molecule is CCCCCC(C)NS(=O)(=O)c1cc(F)c(Cl)c(CN)c1. The van der Waals surface area contributed by atoms with E-state index < -0.39 is 15.8 Å². The first kappa shape index (κ1) is 18.4. The summed E-state index contributed by atoms with van der Waals surface area (Å²) in [6.07, 6.45) is 3.82. The van der Waals surface area contributed by atoms with Crippen LogP contribution in [-0.4, -0.2) is 14.5 Å². The van der Waals surface area contributed by atoms with E-state index in [0.29, 0.717) is 0 Å². The summed E-state index contributed by atoms with van der Waals surface area (Å²) in [6.45, 7) is 3.86. The molecule has 0 saturated carbocycles. The fourth-order valence-electron chi connectivity index (χ4n) is 2.01. The highest BCUT2D eigenvalue weighted by molar-refractivity contribution is 7.89. The predicted octanol–water partition coefficient (Wildman–Crippen LogP) is 3.18. The lowest BCUT2D eigenvalue weighted by Crippen LogP contribution is -2.32. The van der Waals surface area contributed by atoms with E-state index in [1.54, 1.807) is 6.92 Å². The fourth-order valence-corrected chi connectivity index (χ4v) is 3.54. The Bertz CT molecular complexity index is 579. The van der Waals surface area contributed by atoms with E-state index in [4.69, 9.17) is 17.3 Å². The Morgan fingerprint density at radius 2 is 2.05 bits per heavy atom. The van der Waals surface area contributed by atoms with Gasteiger partial charge in [0, 0.05) is 12.6 Å². The number of halogens is 2. The minimum absolute atomic E-state index is 0.0227. The summed E-state index contributed by atoms with van der Waals surface area (Å²) in [5.41, 5.74) is 5.72. The van der Waals surface area contributed by atoms with Crippen molar-refractivity contribution in [2.45, 2.75) is 57.0 Å². The Kier molecular flexibility index (Phi) is 7.06. The van der Waals surface area contributed by atoms with E-state index >= 15 is 0 Å². The predicted molar refractivity (Wildman–Crippen MR) is 83.2 cm³/mol. The summed E-state index contributed by atoms with van der Waals surface area (Å²) in [7, 11) is -3.77. The van der Waals surface area contributed by atoms with Crippen LogP contribution in [0.15, 0.2) is 17.0 Å². The van der Waals surface area contributed by atoms with Crippen LogP contribution >= 0.6 is 11.6 Å². The van der Waals surface area contributed by atoms with E-state index in [0.717, 1.165) is 31.7 Å². The first-order chi connectivity index (χ1) is 9.81. The van der Waals surface area contributed by atoms with Gasteiger partial charge in [-0.05, 0) is 31.0 Å². The van der Waals surface area contributed by atoms with Crippen LogP contribution in [0.2, 0.25) is 5.02 Å². The van der Waals surface area contributed by atoms with Crippen molar-refractivity contribution in [3.63, 3.8) is 0 Å². The number of unbranched alkanes of at least 4 members (excludes halogenated alkanes) is 2. The van der Waals surface area contributed by atoms with Gasteiger partial charge in [-0.1, -0.05) is 37.8 Å². The van der Waals surface area contributed by atoms with Crippen molar-refractivity contribution in [1.82, 2.24) is 4.72 Å². The number of nitrogens with two attached hydrogens (primary N) is 1. The van der Waals surface area contributed by atoms with Gasteiger partial charge >= 0.3 is 0 Å². The maximum Gasteiger partial charge on any atom is 0.240 e. The Hall–Kier alpha value is -0.690. The molecule has 0 fully saturated rings. The minimum atomic E-state index is -3.77. The van der Waals surface area contributed by atoms with Gasteiger partial charge in [0.25, 0.3) is 0 Å². The lowest BCUT2D eigenvalue weighted by Gasteiger charge is -2.15. The molecule has 21 heavy (non-hydrogen) atoms. The first-order valence-corrected chi connectivity index (χ1v) is 8.88. The maximum atomic E-state index is 13.7. The van der Waals surface area contributed by atoms with Gasteiger partial charge < -0.3 is 5.73 Å². The van der Waals surface area contributed by atoms with E-state index in [2.05, 4.69) is 11.6 Å². The molecule has 0 amide bonds. The average molecular weight is 337 g/mol. The van der Waals surface area contributed by atoms with E-state index in [1.165, 1.54) is 6.07 Å². The Morgan fingerprint density at radius 3 is 2.62 bits per heavy atom. The third-order valence-electron chi connectivity index (χ3n) is 3.20. The molecular formula is C14H22ClFN2O2S. The van der Waals surface area contributed by atoms with Gasteiger partial charge in [0.2, 0.25) is 10.0 Å². The summed E-state index contributed by atoms with van der Waals surface area (Å²) >= 11 is 5.74. The molecule has 0 spiro atoms. The molecule has 0 aliphatic rings. The van der Waals surface area contributed by atoms with Crippen molar-refractivity contribution >= 4 is 21.6 Å². The Morgan fingerprint density at radius 1 is 1.38 bits per heavy atom. The van der Waals surface area contributed by atoms with Gasteiger partial charge in [-0.3, -0.25) is 0 Å². The normalized spacial score (nSPS) is 13.4. The van der Waals surface area contributed by atoms with E-state index in [1.807, 2.05) is 0 Å². The molecule has 1 aromatic carbocycles. The minimum Gasteiger partial charge on any atom is -0.326 e. The standard InChI is InChI=1S/C14H22ClFN2O2S/c1-3-4-5-6-10(2)18-21(19,20)12-7-11(9-17)14(15)13(16)8-12/h7-8,10,18H,3-6,9,17H2,1-2H3. The molecule has 1 aromatic rings. The van der Waals surface area contributed by atoms with Gasteiger partial charge in [-0.2, -0.15) is 0 Å². The van der Waals surface area contributed by atoms with E-state index in [9.17, 15) is 12.8 Å². The van der Waals surface area contributed by atoms with Crippen molar-refractivity contribution in [2.24, 2.45) is 5.73 Å². The molecule has 0 bridgehead atoms. The average Bonchev–Trinajstić information content (AvgIpc) is 2.41. The molecule has 1 unspecified atom stereocenters. The van der Waals surface area contributed by atoms with Crippen LogP contribution < -0.4 is 10.5 Å². The fraction of sp³-hybridized carbons (Fsp3) is 0.571. The number of hydrogen-bond acceptors (Lipinski definition) is 3. The Balaban J connectivity index is 2.90. The molecule has 0 saturated heterocycles.